The van der Waals surface area contributed by atoms with Crippen molar-refractivity contribution >= 4 is 22.6 Å². The van der Waals surface area contributed by atoms with Crippen molar-refractivity contribution in [2.24, 2.45) is 0 Å². The zero-order valence-corrected chi connectivity index (χ0v) is 19.8. The zero-order chi connectivity index (χ0) is 16.8. The van der Waals surface area contributed by atoms with E-state index >= 15 is 0 Å². The van der Waals surface area contributed by atoms with Crippen LogP contribution in [0.3, 0.4) is 0 Å². The summed E-state index contributed by atoms with van der Waals surface area (Å²) in [6.07, 6.45) is 7.77. The molecule has 0 aromatic carbocycles. The molecule has 0 bridgehead atoms. The van der Waals surface area contributed by atoms with Crippen LogP contribution in [0.4, 0.5) is 0 Å². The Kier molecular flexibility index (Phi) is 15.8. The Morgan fingerprint density at radius 2 is 0.591 bits per heavy atom. The van der Waals surface area contributed by atoms with Crippen LogP contribution in [-0.2, 0) is 0 Å². The first-order valence-electron chi connectivity index (χ1n) is 9.74. The van der Waals surface area contributed by atoms with Crippen molar-refractivity contribution < 1.29 is 0 Å². The van der Waals surface area contributed by atoms with E-state index in [0.717, 1.165) is 0 Å². The number of hydrogen-bond acceptors (Lipinski definition) is 3. The third-order valence-corrected chi connectivity index (χ3v) is 14.2. The summed E-state index contributed by atoms with van der Waals surface area (Å²) >= 11 is -1.97. The van der Waals surface area contributed by atoms with Gasteiger partial charge in [-0.05, 0) is 0 Å². The Morgan fingerprint density at radius 3 is 0.727 bits per heavy atom. The second-order valence-corrected chi connectivity index (χ2v) is 14.8. The van der Waals surface area contributed by atoms with Crippen LogP contribution in [0.25, 0.3) is 0 Å². The Bertz CT molecular complexity index is 182. The molecule has 0 rings (SSSR count). The van der Waals surface area contributed by atoms with Gasteiger partial charge >= 0.3 is 150 Å². The van der Waals surface area contributed by atoms with E-state index in [4.69, 9.17) is 0 Å². The molecule has 0 aromatic heterocycles. The van der Waals surface area contributed by atoms with E-state index in [1.54, 1.807) is 0 Å². The van der Waals surface area contributed by atoms with E-state index in [1.165, 1.54) is 77.8 Å². The second-order valence-electron chi connectivity index (χ2n) is 6.13. The average molecular weight is 510 g/mol. The van der Waals surface area contributed by atoms with Crippen molar-refractivity contribution in [1.29, 1.82) is 0 Å². The first-order valence-corrected chi connectivity index (χ1v) is 14.4. The molecule has 3 nitrogen and oxygen atoms in total. The van der Waals surface area contributed by atoms with Gasteiger partial charge in [-0.25, -0.2) is 0 Å². The number of rotatable bonds is 15. The van der Waals surface area contributed by atoms with E-state index in [1.807, 2.05) is 0 Å². The summed E-state index contributed by atoms with van der Waals surface area (Å²) in [4.78, 5) is 0. The van der Waals surface area contributed by atoms with Gasteiger partial charge in [0.15, 0.2) is 0 Å². The topological polar surface area (TPSA) is 9.72 Å². The van der Waals surface area contributed by atoms with Gasteiger partial charge in [0.1, 0.15) is 0 Å². The standard InChI is InChI=1S/3C6H14N.Bi/c3*1-3-5-7-6-4-2;/h3*3-6H2,1-2H3;/q3*-1;+3. The molecule has 0 fully saturated rings. The maximum absolute atomic E-state index is 2.94. The normalized spacial score (nSPS) is 12.3. The van der Waals surface area contributed by atoms with E-state index in [9.17, 15) is 0 Å². The van der Waals surface area contributed by atoms with Crippen LogP contribution in [0, 0.1) is 0 Å². The zero-order valence-electron chi connectivity index (χ0n) is 16.3. The van der Waals surface area contributed by atoms with Gasteiger partial charge in [0, 0.05) is 0 Å². The predicted octanol–water partition coefficient (Wildman–Crippen LogP) is 4.34. The molecule has 22 heavy (non-hydrogen) atoms. The first-order chi connectivity index (χ1) is 10.7. The number of hydrogen-bond donors (Lipinski definition) is 0. The fourth-order valence-electron chi connectivity index (χ4n) is 2.96. The van der Waals surface area contributed by atoms with Crippen LogP contribution < -0.4 is 0 Å². The molecular formula is C18H42BiN3. The molecule has 0 unspecified atom stereocenters. The third-order valence-electron chi connectivity index (χ3n) is 3.65. The van der Waals surface area contributed by atoms with Crippen molar-refractivity contribution in [2.45, 2.75) is 80.1 Å². The summed E-state index contributed by atoms with van der Waals surface area (Å²) in [6, 6.07) is 0. The summed E-state index contributed by atoms with van der Waals surface area (Å²) in [7, 11) is 0. The summed E-state index contributed by atoms with van der Waals surface area (Å²) in [5.74, 6) is 0. The molecule has 0 N–H and O–H groups in total. The molecule has 0 spiro atoms. The fourth-order valence-corrected chi connectivity index (χ4v) is 16.0. The first kappa shape index (κ1) is 22.8. The summed E-state index contributed by atoms with van der Waals surface area (Å²) < 4.78 is 8.81. The summed E-state index contributed by atoms with van der Waals surface area (Å²) in [5.41, 5.74) is 0. The average Bonchev–Trinajstić information content (AvgIpc) is 2.49. The van der Waals surface area contributed by atoms with Crippen LogP contribution in [0.1, 0.15) is 80.1 Å². The van der Waals surface area contributed by atoms with Gasteiger partial charge in [0.25, 0.3) is 0 Å². The molecule has 0 aliphatic heterocycles. The molecule has 134 valence electrons. The monoisotopic (exact) mass is 509 g/mol. The van der Waals surface area contributed by atoms with Crippen molar-refractivity contribution in [2.75, 3.05) is 39.3 Å². The maximum atomic E-state index is 2.94. The van der Waals surface area contributed by atoms with Crippen LogP contribution in [0.2, 0.25) is 0 Å². The van der Waals surface area contributed by atoms with Crippen molar-refractivity contribution in [3.63, 3.8) is 0 Å². The van der Waals surface area contributed by atoms with Gasteiger partial charge in [-0.2, -0.15) is 0 Å². The van der Waals surface area contributed by atoms with Gasteiger partial charge in [0.2, 0.25) is 0 Å². The molecule has 0 heterocycles. The Balaban J connectivity index is 5.34. The molecule has 0 amide bonds. The Morgan fingerprint density at radius 1 is 0.409 bits per heavy atom. The second kappa shape index (κ2) is 15.3. The van der Waals surface area contributed by atoms with Crippen LogP contribution in [-0.4, -0.2) is 70.4 Å². The molecule has 0 saturated heterocycles. The minimum atomic E-state index is -1.97. The summed E-state index contributed by atoms with van der Waals surface area (Å²) in [5, 5.41) is 0. The molecule has 0 saturated carbocycles. The van der Waals surface area contributed by atoms with Crippen LogP contribution >= 0.6 is 0 Å². The predicted molar refractivity (Wildman–Crippen MR) is 102 cm³/mol. The SMILES string of the molecule is CCC[N](CCC)[Bi]([N](CCC)CCC)[N](CCC)CCC. The quantitative estimate of drug-likeness (QED) is 0.304. The van der Waals surface area contributed by atoms with Gasteiger partial charge in [0.05, 0.1) is 0 Å². The Labute approximate surface area is 150 Å². The van der Waals surface area contributed by atoms with E-state index in [-0.39, 0.29) is 0 Å². The molecule has 4 heteroatoms. The fraction of sp³-hybridized carbons (Fsp3) is 1.00. The number of nitrogens with zero attached hydrogens (tertiary/aromatic N) is 3. The molecule has 0 aliphatic carbocycles. The van der Waals surface area contributed by atoms with Gasteiger partial charge in [-0.15, -0.1) is 0 Å². The van der Waals surface area contributed by atoms with Gasteiger partial charge < -0.3 is 0 Å². The molecule has 0 atom stereocenters. The van der Waals surface area contributed by atoms with Gasteiger partial charge in [-0.3, -0.25) is 0 Å². The van der Waals surface area contributed by atoms with Crippen LogP contribution in [0.5, 0.6) is 0 Å². The minimum absolute atomic E-state index is 1.30. The van der Waals surface area contributed by atoms with Crippen molar-refractivity contribution in [3.05, 3.63) is 0 Å². The van der Waals surface area contributed by atoms with Gasteiger partial charge in [-0.1, -0.05) is 0 Å². The third kappa shape index (κ3) is 8.57. The van der Waals surface area contributed by atoms with Crippen molar-refractivity contribution in [3.8, 4) is 0 Å². The summed E-state index contributed by atoms with van der Waals surface area (Å²) in [6.45, 7) is 21.9. The molecular weight excluding hydrogens is 467 g/mol. The molecule has 0 aliphatic rings. The van der Waals surface area contributed by atoms with Crippen LogP contribution in [0.15, 0.2) is 0 Å². The van der Waals surface area contributed by atoms with Crippen molar-refractivity contribution in [1.82, 2.24) is 8.53 Å². The Hall–Kier alpha value is 0.763. The van der Waals surface area contributed by atoms with E-state index in [2.05, 4.69) is 50.1 Å². The molecule has 0 aromatic rings. The van der Waals surface area contributed by atoms with E-state index < -0.39 is 22.6 Å². The van der Waals surface area contributed by atoms with E-state index in [0.29, 0.717) is 0 Å². The molecule has 0 radical (unpaired) electrons.